The fraction of sp³-hybridized carbons (Fsp3) is 0.600. The van der Waals surface area contributed by atoms with E-state index in [4.69, 9.17) is 9.47 Å². The zero-order valence-electron chi connectivity index (χ0n) is 12.3. The minimum absolute atomic E-state index is 0.179. The van der Waals surface area contributed by atoms with Gasteiger partial charge in [-0.15, -0.1) is 0 Å². The Balaban J connectivity index is 2.10. The number of nitrogens with zero attached hydrogens (tertiary/aromatic N) is 1. The number of rotatable bonds is 4. The first-order valence-corrected chi connectivity index (χ1v) is 6.72. The summed E-state index contributed by atoms with van der Waals surface area (Å²) < 4.78 is 10.7. The third kappa shape index (κ3) is 3.61. The van der Waals surface area contributed by atoms with E-state index in [1.54, 1.807) is 14.2 Å². The molecule has 0 aromatic heterocycles. The van der Waals surface area contributed by atoms with Gasteiger partial charge >= 0.3 is 0 Å². The maximum absolute atomic E-state index is 5.46. The smallest absolute Gasteiger partial charge is 0.127 e. The first-order valence-electron chi connectivity index (χ1n) is 6.72. The lowest BCUT2D eigenvalue weighted by molar-refractivity contribution is 0.147. The predicted octanol–water partition coefficient (Wildman–Crippen LogP) is 1.89. The molecule has 0 unspecified atom stereocenters. The van der Waals surface area contributed by atoms with E-state index >= 15 is 0 Å². The number of methoxy groups -OCH3 is 2. The van der Waals surface area contributed by atoms with Crippen LogP contribution in [-0.4, -0.2) is 44.3 Å². The third-order valence-corrected chi connectivity index (χ3v) is 3.54. The molecule has 0 radical (unpaired) electrons. The van der Waals surface area contributed by atoms with Crippen LogP contribution in [0.5, 0.6) is 11.5 Å². The fourth-order valence-electron chi connectivity index (χ4n) is 2.60. The van der Waals surface area contributed by atoms with Crippen LogP contribution >= 0.6 is 0 Å². The molecule has 0 saturated carbocycles. The summed E-state index contributed by atoms with van der Waals surface area (Å²) in [6.45, 7) is 8.54. The monoisotopic (exact) mass is 264 g/mol. The summed E-state index contributed by atoms with van der Waals surface area (Å²) in [5, 5.41) is 3.53. The minimum Gasteiger partial charge on any atom is -0.497 e. The SMILES string of the molecule is COc1ccc(CN2CCNC(C)(C)C2)c(OC)c1. The largest absolute Gasteiger partial charge is 0.497 e. The van der Waals surface area contributed by atoms with Crippen LogP contribution in [0, 0.1) is 0 Å². The lowest BCUT2D eigenvalue weighted by atomic mass is 10.0. The van der Waals surface area contributed by atoms with Gasteiger partial charge in [-0.05, 0) is 19.9 Å². The standard InChI is InChI=1S/C15H24N2O2/c1-15(2)11-17(8-7-16-15)10-12-5-6-13(18-3)9-14(12)19-4/h5-6,9,16H,7-8,10-11H2,1-4H3. The molecule has 2 rings (SSSR count). The molecule has 1 aromatic carbocycles. The second-order valence-corrected chi connectivity index (χ2v) is 5.70. The summed E-state index contributed by atoms with van der Waals surface area (Å²) in [7, 11) is 3.38. The Morgan fingerprint density at radius 3 is 2.68 bits per heavy atom. The normalized spacial score (nSPS) is 19.2. The van der Waals surface area contributed by atoms with E-state index in [0.29, 0.717) is 0 Å². The topological polar surface area (TPSA) is 33.7 Å². The van der Waals surface area contributed by atoms with E-state index in [1.165, 1.54) is 5.56 Å². The van der Waals surface area contributed by atoms with Crippen LogP contribution in [0.25, 0.3) is 0 Å². The Bertz CT molecular complexity index is 432. The molecule has 4 heteroatoms. The molecule has 1 aromatic rings. The van der Waals surface area contributed by atoms with Gasteiger partial charge in [0.15, 0.2) is 0 Å². The van der Waals surface area contributed by atoms with Crippen LogP contribution < -0.4 is 14.8 Å². The average Bonchev–Trinajstić information content (AvgIpc) is 2.38. The van der Waals surface area contributed by atoms with Gasteiger partial charge in [-0.25, -0.2) is 0 Å². The van der Waals surface area contributed by atoms with Crippen molar-refractivity contribution in [2.75, 3.05) is 33.9 Å². The van der Waals surface area contributed by atoms with Gasteiger partial charge in [0.1, 0.15) is 11.5 Å². The maximum atomic E-state index is 5.46. The van der Waals surface area contributed by atoms with Gasteiger partial charge in [0, 0.05) is 43.3 Å². The molecule has 1 aliphatic rings. The molecular formula is C15H24N2O2. The van der Waals surface area contributed by atoms with E-state index in [0.717, 1.165) is 37.7 Å². The van der Waals surface area contributed by atoms with Crippen molar-refractivity contribution < 1.29 is 9.47 Å². The van der Waals surface area contributed by atoms with E-state index in [9.17, 15) is 0 Å². The Morgan fingerprint density at radius 2 is 2.05 bits per heavy atom. The summed E-state index contributed by atoms with van der Waals surface area (Å²) in [4.78, 5) is 2.46. The van der Waals surface area contributed by atoms with Crippen molar-refractivity contribution in [1.82, 2.24) is 10.2 Å². The number of piperazine rings is 1. The molecule has 1 heterocycles. The lowest BCUT2D eigenvalue weighted by Gasteiger charge is -2.39. The average molecular weight is 264 g/mol. The van der Waals surface area contributed by atoms with Crippen molar-refractivity contribution in [3.05, 3.63) is 23.8 Å². The molecule has 0 amide bonds. The van der Waals surface area contributed by atoms with Crippen LogP contribution in [0.1, 0.15) is 19.4 Å². The van der Waals surface area contributed by atoms with Crippen molar-refractivity contribution >= 4 is 0 Å². The summed E-state index contributed by atoms with van der Waals surface area (Å²) >= 11 is 0. The Morgan fingerprint density at radius 1 is 1.26 bits per heavy atom. The number of nitrogens with one attached hydrogen (secondary N) is 1. The van der Waals surface area contributed by atoms with Crippen LogP contribution in [0.15, 0.2) is 18.2 Å². The second-order valence-electron chi connectivity index (χ2n) is 5.70. The molecule has 0 spiro atoms. The molecule has 0 atom stereocenters. The van der Waals surface area contributed by atoms with Crippen LogP contribution in [0.3, 0.4) is 0 Å². The van der Waals surface area contributed by atoms with Crippen LogP contribution in [0.2, 0.25) is 0 Å². The van der Waals surface area contributed by atoms with E-state index in [2.05, 4.69) is 30.1 Å². The van der Waals surface area contributed by atoms with Gasteiger partial charge < -0.3 is 14.8 Å². The molecular weight excluding hydrogens is 240 g/mol. The lowest BCUT2D eigenvalue weighted by Crippen LogP contribution is -2.56. The van der Waals surface area contributed by atoms with E-state index in [-0.39, 0.29) is 5.54 Å². The van der Waals surface area contributed by atoms with Gasteiger partial charge in [0.25, 0.3) is 0 Å². The third-order valence-electron chi connectivity index (χ3n) is 3.54. The van der Waals surface area contributed by atoms with E-state index < -0.39 is 0 Å². The molecule has 4 nitrogen and oxygen atoms in total. The van der Waals surface area contributed by atoms with Crippen LogP contribution in [0.4, 0.5) is 0 Å². The number of benzene rings is 1. The molecule has 1 aliphatic heterocycles. The van der Waals surface area contributed by atoms with Gasteiger partial charge in [-0.2, -0.15) is 0 Å². The number of ether oxygens (including phenoxy) is 2. The van der Waals surface area contributed by atoms with Gasteiger partial charge in [-0.3, -0.25) is 4.90 Å². The Kier molecular flexibility index (Phi) is 4.32. The molecule has 106 valence electrons. The van der Waals surface area contributed by atoms with Crippen molar-refractivity contribution in [2.24, 2.45) is 0 Å². The van der Waals surface area contributed by atoms with E-state index in [1.807, 2.05) is 12.1 Å². The molecule has 1 N–H and O–H groups in total. The van der Waals surface area contributed by atoms with Crippen LogP contribution in [-0.2, 0) is 6.54 Å². The highest BCUT2D eigenvalue weighted by atomic mass is 16.5. The first-order chi connectivity index (χ1) is 9.04. The highest BCUT2D eigenvalue weighted by Crippen LogP contribution is 2.26. The van der Waals surface area contributed by atoms with Gasteiger partial charge in [-0.1, -0.05) is 6.07 Å². The van der Waals surface area contributed by atoms with Crippen molar-refractivity contribution in [3.63, 3.8) is 0 Å². The van der Waals surface area contributed by atoms with Crippen molar-refractivity contribution in [3.8, 4) is 11.5 Å². The Hall–Kier alpha value is -1.26. The molecule has 0 bridgehead atoms. The maximum Gasteiger partial charge on any atom is 0.127 e. The molecule has 0 aliphatic carbocycles. The summed E-state index contributed by atoms with van der Waals surface area (Å²) in [6.07, 6.45) is 0. The van der Waals surface area contributed by atoms with Gasteiger partial charge in [0.05, 0.1) is 14.2 Å². The Labute approximate surface area is 115 Å². The zero-order chi connectivity index (χ0) is 13.9. The zero-order valence-corrected chi connectivity index (χ0v) is 12.3. The molecule has 1 saturated heterocycles. The van der Waals surface area contributed by atoms with Gasteiger partial charge in [0.2, 0.25) is 0 Å². The van der Waals surface area contributed by atoms with Crippen molar-refractivity contribution in [2.45, 2.75) is 25.9 Å². The second kappa shape index (κ2) is 5.80. The first kappa shape index (κ1) is 14.2. The quantitative estimate of drug-likeness (QED) is 0.900. The van der Waals surface area contributed by atoms with Crippen molar-refractivity contribution in [1.29, 1.82) is 0 Å². The molecule has 19 heavy (non-hydrogen) atoms. The number of hydrogen-bond donors (Lipinski definition) is 1. The highest BCUT2D eigenvalue weighted by molar-refractivity contribution is 5.40. The molecule has 1 fully saturated rings. The summed E-state index contributed by atoms with van der Waals surface area (Å²) in [6, 6.07) is 6.03. The summed E-state index contributed by atoms with van der Waals surface area (Å²) in [5.41, 5.74) is 1.39. The predicted molar refractivity (Wildman–Crippen MR) is 76.9 cm³/mol. The number of hydrogen-bond acceptors (Lipinski definition) is 4. The minimum atomic E-state index is 0.179. The highest BCUT2D eigenvalue weighted by Gasteiger charge is 2.26. The fourth-order valence-corrected chi connectivity index (χ4v) is 2.60. The summed E-state index contributed by atoms with van der Waals surface area (Å²) in [5.74, 6) is 1.73.